The normalized spacial score (nSPS) is 11.4. The lowest BCUT2D eigenvalue weighted by molar-refractivity contribution is 0.625. The lowest BCUT2D eigenvalue weighted by Crippen LogP contribution is -2.39. The maximum absolute atomic E-state index is 13.0. The number of guanidine groups is 1. The average molecular weight is 269 g/mol. The number of rotatable bonds is 6. The second-order valence-corrected chi connectivity index (χ2v) is 4.78. The number of nitrogens with zero attached hydrogens (tertiary/aromatic N) is 1. The van der Waals surface area contributed by atoms with E-state index in [1.807, 2.05) is 6.07 Å². The average Bonchev–Trinajstić information content (AvgIpc) is 2.37. The van der Waals surface area contributed by atoms with Crippen molar-refractivity contribution in [2.75, 3.05) is 32.1 Å². The molecule has 0 fully saturated rings. The number of halogens is 1. The lowest BCUT2D eigenvalue weighted by atomic mass is 10.1. The van der Waals surface area contributed by atoms with E-state index in [1.165, 1.54) is 6.07 Å². The van der Waals surface area contributed by atoms with Crippen molar-refractivity contribution in [3.05, 3.63) is 35.6 Å². The molecular weight excluding hydrogens is 249 g/mol. The van der Waals surface area contributed by atoms with Crippen LogP contribution in [0.4, 0.5) is 4.39 Å². The van der Waals surface area contributed by atoms with Gasteiger partial charge in [0.2, 0.25) is 0 Å². The third-order valence-corrected chi connectivity index (χ3v) is 3.03. The smallest absolute Gasteiger partial charge is 0.191 e. The fraction of sp³-hybridized carbons (Fsp3) is 0.462. The van der Waals surface area contributed by atoms with E-state index in [-0.39, 0.29) is 5.82 Å². The first-order valence-corrected chi connectivity index (χ1v) is 7.33. The molecule has 0 heterocycles. The monoisotopic (exact) mass is 269 g/mol. The number of hydrogen-bond acceptors (Lipinski definition) is 2. The first-order chi connectivity index (χ1) is 8.76. The van der Waals surface area contributed by atoms with E-state index in [2.05, 4.69) is 21.9 Å². The minimum atomic E-state index is -0.185. The molecule has 0 saturated carbocycles. The highest BCUT2D eigenvalue weighted by Gasteiger charge is 1.98. The Morgan fingerprint density at radius 2 is 2.11 bits per heavy atom. The summed E-state index contributed by atoms with van der Waals surface area (Å²) in [5, 5.41) is 6.42. The molecule has 1 rings (SSSR count). The Bertz CT molecular complexity index is 382. The molecule has 0 unspecified atom stereocenters. The zero-order chi connectivity index (χ0) is 13.2. The molecule has 0 amide bonds. The second kappa shape index (κ2) is 8.80. The standard InChI is InChI=1S/C13H20FN3S/c1-15-13(17-8-9-18-2)16-7-6-11-4-3-5-12(14)10-11/h3-5,10H,6-9H2,1-2H3,(H2,15,16,17). The highest BCUT2D eigenvalue weighted by molar-refractivity contribution is 7.98. The number of benzene rings is 1. The molecule has 100 valence electrons. The van der Waals surface area contributed by atoms with Crippen molar-refractivity contribution in [2.24, 2.45) is 4.99 Å². The molecule has 1 aromatic carbocycles. The van der Waals surface area contributed by atoms with Gasteiger partial charge >= 0.3 is 0 Å². The summed E-state index contributed by atoms with van der Waals surface area (Å²) in [7, 11) is 1.75. The number of hydrogen-bond donors (Lipinski definition) is 2. The third kappa shape index (κ3) is 5.91. The van der Waals surface area contributed by atoms with Gasteiger partial charge in [-0.05, 0) is 30.4 Å². The van der Waals surface area contributed by atoms with Crippen LogP contribution in [0.15, 0.2) is 29.3 Å². The van der Waals surface area contributed by atoms with E-state index < -0.39 is 0 Å². The van der Waals surface area contributed by atoms with Gasteiger partial charge in [-0.2, -0.15) is 11.8 Å². The highest BCUT2D eigenvalue weighted by atomic mass is 32.2. The topological polar surface area (TPSA) is 36.4 Å². The largest absolute Gasteiger partial charge is 0.356 e. The van der Waals surface area contributed by atoms with Crippen LogP contribution in [-0.4, -0.2) is 38.1 Å². The van der Waals surface area contributed by atoms with E-state index >= 15 is 0 Å². The molecule has 0 saturated heterocycles. The molecule has 0 aromatic heterocycles. The van der Waals surface area contributed by atoms with Crippen molar-refractivity contribution in [1.29, 1.82) is 0 Å². The highest BCUT2D eigenvalue weighted by Crippen LogP contribution is 2.03. The van der Waals surface area contributed by atoms with Gasteiger partial charge in [0, 0.05) is 25.9 Å². The maximum Gasteiger partial charge on any atom is 0.191 e. The van der Waals surface area contributed by atoms with Gasteiger partial charge in [0.25, 0.3) is 0 Å². The number of aliphatic imine (C=N–C) groups is 1. The fourth-order valence-electron chi connectivity index (χ4n) is 1.51. The second-order valence-electron chi connectivity index (χ2n) is 3.80. The van der Waals surface area contributed by atoms with Crippen molar-refractivity contribution in [3.63, 3.8) is 0 Å². The number of thioether (sulfide) groups is 1. The minimum Gasteiger partial charge on any atom is -0.356 e. The summed E-state index contributed by atoms with van der Waals surface area (Å²) in [6.45, 7) is 1.63. The molecule has 5 heteroatoms. The van der Waals surface area contributed by atoms with Gasteiger partial charge in [-0.1, -0.05) is 12.1 Å². The van der Waals surface area contributed by atoms with E-state index in [0.29, 0.717) is 0 Å². The minimum absolute atomic E-state index is 0.185. The van der Waals surface area contributed by atoms with Crippen molar-refractivity contribution in [2.45, 2.75) is 6.42 Å². The van der Waals surface area contributed by atoms with E-state index in [1.54, 1.807) is 30.9 Å². The van der Waals surface area contributed by atoms with Gasteiger partial charge in [0.15, 0.2) is 5.96 Å². The molecule has 1 aromatic rings. The van der Waals surface area contributed by atoms with Crippen LogP contribution in [0.2, 0.25) is 0 Å². The van der Waals surface area contributed by atoms with Crippen LogP contribution in [0.5, 0.6) is 0 Å². The molecular formula is C13H20FN3S. The van der Waals surface area contributed by atoms with Gasteiger partial charge in [-0.25, -0.2) is 4.39 Å². The van der Waals surface area contributed by atoms with Crippen molar-refractivity contribution < 1.29 is 4.39 Å². The van der Waals surface area contributed by atoms with Crippen LogP contribution in [0.25, 0.3) is 0 Å². The lowest BCUT2D eigenvalue weighted by Gasteiger charge is -2.11. The fourth-order valence-corrected chi connectivity index (χ4v) is 1.82. The molecule has 0 radical (unpaired) electrons. The van der Waals surface area contributed by atoms with Crippen molar-refractivity contribution in [3.8, 4) is 0 Å². The summed E-state index contributed by atoms with van der Waals surface area (Å²) in [5.74, 6) is 1.65. The predicted molar refractivity (Wildman–Crippen MR) is 77.9 cm³/mol. The van der Waals surface area contributed by atoms with E-state index in [9.17, 15) is 4.39 Å². The number of nitrogens with one attached hydrogen (secondary N) is 2. The van der Waals surface area contributed by atoms with Crippen LogP contribution in [0, 0.1) is 5.82 Å². The van der Waals surface area contributed by atoms with Crippen LogP contribution in [0.1, 0.15) is 5.56 Å². The van der Waals surface area contributed by atoms with Crippen LogP contribution >= 0.6 is 11.8 Å². The Labute approximate surface area is 112 Å². The molecule has 2 N–H and O–H groups in total. The van der Waals surface area contributed by atoms with Crippen LogP contribution in [0.3, 0.4) is 0 Å². The summed E-state index contributed by atoms with van der Waals surface area (Å²) < 4.78 is 13.0. The zero-order valence-electron chi connectivity index (χ0n) is 10.9. The summed E-state index contributed by atoms with van der Waals surface area (Å²) in [5.41, 5.74) is 0.988. The quantitative estimate of drug-likeness (QED) is 0.470. The SMILES string of the molecule is CN=C(NCCSC)NCCc1cccc(F)c1. The molecule has 0 atom stereocenters. The van der Waals surface area contributed by atoms with Gasteiger partial charge < -0.3 is 10.6 Å². The molecule has 18 heavy (non-hydrogen) atoms. The third-order valence-electron chi connectivity index (χ3n) is 2.42. The molecule has 0 aliphatic carbocycles. The van der Waals surface area contributed by atoms with E-state index in [4.69, 9.17) is 0 Å². The molecule has 0 aliphatic heterocycles. The summed E-state index contributed by atoms with van der Waals surface area (Å²) in [6.07, 6.45) is 2.85. The Kier molecular flexibility index (Phi) is 7.25. The summed E-state index contributed by atoms with van der Waals surface area (Å²) >= 11 is 1.79. The van der Waals surface area contributed by atoms with Crippen LogP contribution < -0.4 is 10.6 Å². The van der Waals surface area contributed by atoms with Crippen molar-refractivity contribution in [1.82, 2.24) is 10.6 Å². The van der Waals surface area contributed by atoms with Gasteiger partial charge in [-0.15, -0.1) is 0 Å². The molecule has 0 spiro atoms. The Morgan fingerprint density at radius 1 is 1.33 bits per heavy atom. The van der Waals surface area contributed by atoms with Gasteiger partial charge in [-0.3, -0.25) is 4.99 Å². The Morgan fingerprint density at radius 3 is 2.78 bits per heavy atom. The zero-order valence-corrected chi connectivity index (χ0v) is 11.7. The summed E-state index contributed by atoms with van der Waals surface area (Å²) in [6, 6.07) is 6.68. The van der Waals surface area contributed by atoms with Gasteiger partial charge in [0.05, 0.1) is 0 Å². The van der Waals surface area contributed by atoms with E-state index in [0.717, 1.165) is 36.8 Å². The first kappa shape index (κ1) is 14.8. The molecule has 0 aliphatic rings. The predicted octanol–water partition coefficient (Wildman–Crippen LogP) is 1.90. The van der Waals surface area contributed by atoms with Gasteiger partial charge in [0.1, 0.15) is 5.82 Å². The molecule has 0 bridgehead atoms. The van der Waals surface area contributed by atoms with Crippen LogP contribution in [-0.2, 0) is 6.42 Å². The Balaban J connectivity index is 2.27. The maximum atomic E-state index is 13.0. The Hall–Kier alpha value is -1.23. The first-order valence-electron chi connectivity index (χ1n) is 5.94. The molecule has 3 nitrogen and oxygen atoms in total. The summed E-state index contributed by atoms with van der Waals surface area (Å²) in [4.78, 5) is 4.12. The van der Waals surface area contributed by atoms with Crippen molar-refractivity contribution >= 4 is 17.7 Å².